The van der Waals surface area contributed by atoms with Gasteiger partial charge in [-0.15, -0.1) is 0 Å². The third kappa shape index (κ3) is 5.51. The molecule has 0 saturated carbocycles. The molecule has 4 heteroatoms. The van der Waals surface area contributed by atoms with E-state index in [4.69, 9.17) is 9.47 Å². The van der Waals surface area contributed by atoms with Gasteiger partial charge in [0.2, 0.25) is 0 Å². The lowest BCUT2D eigenvalue weighted by atomic mass is 10.1. The van der Waals surface area contributed by atoms with Crippen LogP contribution in [0.25, 0.3) is 0 Å². The number of hydrogen-bond acceptors (Lipinski definition) is 3. The zero-order chi connectivity index (χ0) is 14.1. The van der Waals surface area contributed by atoms with Crippen molar-refractivity contribution in [3.63, 3.8) is 0 Å². The highest BCUT2D eigenvalue weighted by Crippen LogP contribution is 2.30. The monoisotopic (exact) mass is 329 g/mol. The summed E-state index contributed by atoms with van der Waals surface area (Å²) < 4.78 is 12.2. The molecule has 3 nitrogen and oxygen atoms in total. The molecule has 1 aromatic carbocycles. The smallest absolute Gasteiger partial charge is 0.138 e. The minimum Gasteiger partial charge on any atom is -0.489 e. The molecule has 0 spiro atoms. The highest BCUT2D eigenvalue weighted by Gasteiger charge is 2.12. The van der Waals surface area contributed by atoms with Gasteiger partial charge in [0, 0.05) is 25.8 Å². The first-order valence-electron chi connectivity index (χ1n) is 6.86. The normalized spacial score (nSPS) is 11.0. The maximum atomic E-state index is 6.11. The molecule has 0 aliphatic rings. The molecular formula is C15H24BrNO2. The molecule has 0 aromatic heterocycles. The van der Waals surface area contributed by atoms with Crippen molar-refractivity contribution in [2.24, 2.45) is 0 Å². The van der Waals surface area contributed by atoms with Gasteiger partial charge in [-0.2, -0.15) is 0 Å². The second-order valence-electron chi connectivity index (χ2n) is 4.45. The molecule has 108 valence electrons. The minimum absolute atomic E-state index is 0.274. The van der Waals surface area contributed by atoms with Gasteiger partial charge in [-0.3, -0.25) is 0 Å². The number of rotatable bonds is 9. The standard InChI is InChI=1S/C15H24BrNO2/c1-4-13(5-2)19-15-12(7-6-8-14(15)16)11-17-9-10-18-3/h6-8,13,17H,4-5,9-11H2,1-3H3. The molecule has 0 amide bonds. The summed E-state index contributed by atoms with van der Waals surface area (Å²) in [6, 6.07) is 6.16. The quantitative estimate of drug-likeness (QED) is 0.700. The summed E-state index contributed by atoms with van der Waals surface area (Å²) in [5, 5.41) is 3.35. The van der Waals surface area contributed by atoms with Gasteiger partial charge < -0.3 is 14.8 Å². The lowest BCUT2D eigenvalue weighted by Crippen LogP contribution is -2.20. The predicted molar refractivity (Wildman–Crippen MR) is 82.7 cm³/mol. The topological polar surface area (TPSA) is 30.5 Å². The zero-order valence-electron chi connectivity index (χ0n) is 12.0. The van der Waals surface area contributed by atoms with Crippen LogP contribution in [-0.2, 0) is 11.3 Å². The first kappa shape index (κ1) is 16.5. The maximum Gasteiger partial charge on any atom is 0.138 e. The number of methoxy groups -OCH3 is 1. The van der Waals surface area contributed by atoms with Crippen LogP contribution in [0.1, 0.15) is 32.3 Å². The van der Waals surface area contributed by atoms with E-state index >= 15 is 0 Å². The molecule has 1 N–H and O–H groups in total. The van der Waals surface area contributed by atoms with Gasteiger partial charge in [-0.1, -0.05) is 26.0 Å². The molecule has 0 saturated heterocycles. The van der Waals surface area contributed by atoms with Gasteiger partial charge in [0.05, 0.1) is 17.2 Å². The number of para-hydroxylation sites is 1. The van der Waals surface area contributed by atoms with Gasteiger partial charge in [0.1, 0.15) is 5.75 Å². The third-order valence-electron chi connectivity index (χ3n) is 3.04. The molecule has 0 unspecified atom stereocenters. The maximum absolute atomic E-state index is 6.11. The molecule has 0 fully saturated rings. The molecule has 0 radical (unpaired) electrons. The Bertz CT molecular complexity index is 367. The molecule has 1 rings (SSSR count). The summed E-state index contributed by atoms with van der Waals surface area (Å²) in [4.78, 5) is 0. The van der Waals surface area contributed by atoms with Crippen LogP contribution in [0.2, 0.25) is 0 Å². The lowest BCUT2D eigenvalue weighted by Gasteiger charge is -2.20. The van der Waals surface area contributed by atoms with E-state index in [2.05, 4.69) is 41.2 Å². The molecule has 0 heterocycles. The van der Waals surface area contributed by atoms with Gasteiger partial charge in [-0.05, 0) is 34.8 Å². The second-order valence-corrected chi connectivity index (χ2v) is 5.31. The zero-order valence-corrected chi connectivity index (χ0v) is 13.6. The Labute approximate surface area is 124 Å². The molecule has 19 heavy (non-hydrogen) atoms. The van der Waals surface area contributed by atoms with Gasteiger partial charge in [0.15, 0.2) is 0 Å². The van der Waals surface area contributed by atoms with Crippen molar-refractivity contribution in [3.8, 4) is 5.75 Å². The van der Waals surface area contributed by atoms with Crippen molar-refractivity contribution in [2.75, 3.05) is 20.3 Å². The first-order chi connectivity index (χ1) is 9.22. The van der Waals surface area contributed by atoms with E-state index in [1.165, 1.54) is 5.56 Å². The van der Waals surface area contributed by atoms with E-state index in [-0.39, 0.29) is 6.10 Å². The summed E-state index contributed by atoms with van der Waals surface area (Å²) in [5.41, 5.74) is 1.18. The van der Waals surface area contributed by atoms with Gasteiger partial charge >= 0.3 is 0 Å². The fraction of sp³-hybridized carbons (Fsp3) is 0.600. The number of hydrogen-bond donors (Lipinski definition) is 1. The van der Waals surface area contributed by atoms with Crippen LogP contribution < -0.4 is 10.1 Å². The molecule has 0 aliphatic heterocycles. The molecule has 0 bridgehead atoms. The predicted octanol–water partition coefficient (Wildman–Crippen LogP) is 3.75. The highest BCUT2D eigenvalue weighted by molar-refractivity contribution is 9.10. The van der Waals surface area contributed by atoms with Crippen LogP contribution in [0.5, 0.6) is 5.75 Å². The number of benzene rings is 1. The van der Waals surface area contributed by atoms with E-state index in [1.807, 2.05) is 12.1 Å². The number of halogens is 1. The Morgan fingerprint density at radius 1 is 1.26 bits per heavy atom. The Kier molecular flexibility index (Phi) is 8.10. The summed E-state index contributed by atoms with van der Waals surface area (Å²) in [7, 11) is 1.71. The van der Waals surface area contributed by atoms with Crippen LogP contribution in [0.4, 0.5) is 0 Å². The Morgan fingerprint density at radius 2 is 2.00 bits per heavy atom. The van der Waals surface area contributed by atoms with Crippen LogP contribution in [-0.4, -0.2) is 26.4 Å². The molecule has 0 aliphatic carbocycles. The average Bonchev–Trinajstić information content (AvgIpc) is 2.43. The van der Waals surface area contributed by atoms with E-state index < -0.39 is 0 Å². The van der Waals surface area contributed by atoms with E-state index in [0.717, 1.165) is 42.8 Å². The second kappa shape index (κ2) is 9.34. The van der Waals surface area contributed by atoms with Crippen molar-refractivity contribution in [2.45, 2.75) is 39.3 Å². The van der Waals surface area contributed by atoms with Gasteiger partial charge in [-0.25, -0.2) is 0 Å². The molecule has 0 atom stereocenters. The van der Waals surface area contributed by atoms with E-state index in [0.29, 0.717) is 0 Å². The van der Waals surface area contributed by atoms with Crippen molar-refractivity contribution in [1.29, 1.82) is 0 Å². The Hall–Kier alpha value is -0.580. The Balaban J connectivity index is 2.71. The molecular weight excluding hydrogens is 306 g/mol. The van der Waals surface area contributed by atoms with Crippen LogP contribution in [0.15, 0.2) is 22.7 Å². The van der Waals surface area contributed by atoms with Crippen molar-refractivity contribution >= 4 is 15.9 Å². The summed E-state index contributed by atoms with van der Waals surface area (Å²) >= 11 is 3.58. The summed E-state index contributed by atoms with van der Waals surface area (Å²) in [6.07, 6.45) is 2.32. The lowest BCUT2D eigenvalue weighted by molar-refractivity contribution is 0.187. The van der Waals surface area contributed by atoms with E-state index in [9.17, 15) is 0 Å². The number of nitrogens with one attached hydrogen (secondary N) is 1. The average molecular weight is 330 g/mol. The van der Waals surface area contributed by atoms with Crippen LogP contribution in [0.3, 0.4) is 0 Å². The fourth-order valence-corrected chi connectivity index (χ4v) is 2.34. The molecule has 1 aromatic rings. The van der Waals surface area contributed by atoms with Gasteiger partial charge in [0.25, 0.3) is 0 Å². The summed E-state index contributed by atoms with van der Waals surface area (Å²) in [5.74, 6) is 0.959. The summed E-state index contributed by atoms with van der Waals surface area (Å²) in [6.45, 7) is 6.66. The van der Waals surface area contributed by atoms with Crippen LogP contribution in [0, 0.1) is 0 Å². The highest BCUT2D eigenvalue weighted by atomic mass is 79.9. The van der Waals surface area contributed by atoms with Crippen molar-refractivity contribution < 1.29 is 9.47 Å². The third-order valence-corrected chi connectivity index (χ3v) is 3.67. The van der Waals surface area contributed by atoms with Crippen molar-refractivity contribution in [1.82, 2.24) is 5.32 Å². The van der Waals surface area contributed by atoms with Crippen LogP contribution >= 0.6 is 15.9 Å². The number of ether oxygens (including phenoxy) is 2. The largest absolute Gasteiger partial charge is 0.489 e. The minimum atomic E-state index is 0.274. The fourth-order valence-electron chi connectivity index (χ4n) is 1.84. The first-order valence-corrected chi connectivity index (χ1v) is 7.65. The van der Waals surface area contributed by atoms with Crippen molar-refractivity contribution in [3.05, 3.63) is 28.2 Å². The SMILES string of the molecule is CCC(CC)Oc1c(Br)cccc1CNCCOC. The van der Waals surface area contributed by atoms with E-state index in [1.54, 1.807) is 7.11 Å². The Morgan fingerprint density at radius 3 is 2.63 bits per heavy atom.